The monoisotopic (exact) mass is 296 g/mol. The Morgan fingerprint density at radius 2 is 2.35 bits per heavy atom. The lowest BCUT2D eigenvalue weighted by atomic mass is 10.1. The van der Waals surface area contributed by atoms with E-state index in [0.29, 0.717) is 5.25 Å². The van der Waals surface area contributed by atoms with Crippen molar-refractivity contribution in [2.75, 3.05) is 23.7 Å². The van der Waals surface area contributed by atoms with Crippen molar-refractivity contribution in [1.29, 1.82) is 0 Å². The summed E-state index contributed by atoms with van der Waals surface area (Å²) in [7, 11) is 0. The third-order valence-corrected chi connectivity index (χ3v) is 4.74. The molecule has 1 aromatic rings. The van der Waals surface area contributed by atoms with Crippen LogP contribution >= 0.6 is 11.8 Å². The number of rotatable bonds is 4. The molecule has 0 radical (unpaired) electrons. The lowest BCUT2D eigenvalue weighted by molar-refractivity contribution is -0.385. The molecule has 1 N–H and O–H groups in total. The number of benzene rings is 1. The van der Waals surface area contributed by atoms with Gasteiger partial charge in [-0.05, 0) is 18.6 Å². The van der Waals surface area contributed by atoms with Gasteiger partial charge in [-0.3, -0.25) is 10.1 Å². The lowest BCUT2D eigenvalue weighted by Gasteiger charge is -2.33. The molecule has 1 aliphatic rings. The third kappa shape index (κ3) is 3.04. The van der Waals surface area contributed by atoms with Crippen molar-refractivity contribution in [3.05, 3.63) is 33.9 Å². The van der Waals surface area contributed by atoms with Crippen molar-refractivity contribution in [3.8, 4) is 0 Å². The van der Waals surface area contributed by atoms with Gasteiger partial charge in [-0.1, -0.05) is 6.92 Å². The molecule has 1 saturated heterocycles. The molecule has 1 unspecified atom stereocenters. The number of aromatic carboxylic acids is 1. The van der Waals surface area contributed by atoms with Crippen LogP contribution in [0.2, 0.25) is 0 Å². The Bertz CT molecular complexity index is 535. The maximum atomic E-state index is 11.2. The van der Waals surface area contributed by atoms with Crippen molar-refractivity contribution in [1.82, 2.24) is 0 Å². The van der Waals surface area contributed by atoms with Crippen LogP contribution in [0.3, 0.4) is 0 Å². The average molecular weight is 296 g/mol. The molecule has 1 atom stereocenters. The van der Waals surface area contributed by atoms with Gasteiger partial charge in [0.05, 0.1) is 4.92 Å². The van der Waals surface area contributed by atoms with Gasteiger partial charge >= 0.3 is 5.97 Å². The predicted octanol–water partition coefficient (Wildman–Crippen LogP) is 2.62. The SMILES string of the molecule is CCC1CN(c2ccc([N+](=O)[O-])c(C(=O)O)c2)CCS1. The van der Waals surface area contributed by atoms with Crippen LogP contribution in [0.1, 0.15) is 23.7 Å². The molecule has 0 saturated carbocycles. The molecule has 20 heavy (non-hydrogen) atoms. The standard InChI is InChI=1S/C13H16N2O4S/c1-2-10-8-14(5-6-20-10)9-3-4-12(15(18)19)11(7-9)13(16)17/h3-4,7,10H,2,5-6,8H2,1H3,(H,16,17). The van der Waals surface area contributed by atoms with Gasteiger partial charge in [0.1, 0.15) is 5.56 Å². The first-order valence-electron chi connectivity index (χ1n) is 6.41. The Morgan fingerprint density at radius 3 is 2.95 bits per heavy atom. The highest BCUT2D eigenvalue weighted by atomic mass is 32.2. The molecule has 0 spiro atoms. The first kappa shape index (κ1) is 14.6. The molecule has 7 heteroatoms. The lowest BCUT2D eigenvalue weighted by Crippen LogP contribution is -2.37. The number of nitro groups is 1. The second-order valence-electron chi connectivity index (χ2n) is 4.61. The Hall–Kier alpha value is -1.76. The summed E-state index contributed by atoms with van der Waals surface area (Å²) < 4.78 is 0. The second kappa shape index (κ2) is 6.13. The molecule has 6 nitrogen and oxygen atoms in total. The number of nitro benzene ring substituents is 1. The Morgan fingerprint density at radius 1 is 1.60 bits per heavy atom. The Balaban J connectivity index is 2.31. The number of nitrogens with zero attached hydrogens (tertiary/aromatic N) is 2. The molecule has 0 bridgehead atoms. The topological polar surface area (TPSA) is 83.7 Å². The molecule has 0 aromatic heterocycles. The van der Waals surface area contributed by atoms with Crippen molar-refractivity contribution in [2.45, 2.75) is 18.6 Å². The van der Waals surface area contributed by atoms with E-state index in [1.807, 2.05) is 11.8 Å². The van der Waals surface area contributed by atoms with E-state index in [0.717, 1.165) is 31.0 Å². The fourth-order valence-corrected chi connectivity index (χ4v) is 3.43. The van der Waals surface area contributed by atoms with Crippen LogP contribution in [0.15, 0.2) is 18.2 Å². The molecule has 1 fully saturated rings. The number of hydrogen-bond acceptors (Lipinski definition) is 5. The zero-order valence-corrected chi connectivity index (χ0v) is 11.9. The summed E-state index contributed by atoms with van der Waals surface area (Å²) in [6.07, 6.45) is 1.06. The quantitative estimate of drug-likeness (QED) is 0.679. The van der Waals surface area contributed by atoms with Crippen molar-refractivity contribution >= 4 is 29.1 Å². The van der Waals surface area contributed by atoms with Crippen LogP contribution in [0.25, 0.3) is 0 Å². The maximum absolute atomic E-state index is 11.2. The summed E-state index contributed by atoms with van der Waals surface area (Å²) in [5.74, 6) is -0.283. The first-order valence-corrected chi connectivity index (χ1v) is 7.46. The van der Waals surface area contributed by atoms with Gasteiger partial charge in [0, 0.05) is 35.8 Å². The minimum atomic E-state index is -1.27. The zero-order chi connectivity index (χ0) is 14.7. The molecule has 0 amide bonds. The summed E-state index contributed by atoms with van der Waals surface area (Å²) in [4.78, 5) is 23.4. The van der Waals surface area contributed by atoms with E-state index in [1.165, 1.54) is 12.1 Å². The highest BCUT2D eigenvalue weighted by Gasteiger charge is 2.24. The average Bonchev–Trinajstić information content (AvgIpc) is 2.46. The van der Waals surface area contributed by atoms with Crippen molar-refractivity contribution in [3.63, 3.8) is 0 Å². The van der Waals surface area contributed by atoms with E-state index in [2.05, 4.69) is 11.8 Å². The second-order valence-corrected chi connectivity index (χ2v) is 6.02. The van der Waals surface area contributed by atoms with Crippen LogP contribution < -0.4 is 4.90 Å². The zero-order valence-electron chi connectivity index (χ0n) is 11.1. The van der Waals surface area contributed by atoms with E-state index in [1.54, 1.807) is 6.07 Å². The van der Waals surface area contributed by atoms with E-state index in [4.69, 9.17) is 5.11 Å². The minimum Gasteiger partial charge on any atom is -0.477 e. The summed E-state index contributed by atoms with van der Waals surface area (Å²) in [5, 5.41) is 20.5. The number of anilines is 1. The van der Waals surface area contributed by atoms with Gasteiger partial charge in [0.15, 0.2) is 0 Å². The van der Waals surface area contributed by atoms with E-state index in [9.17, 15) is 14.9 Å². The predicted molar refractivity (Wildman–Crippen MR) is 78.8 cm³/mol. The van der Waals surface area contributed by atoms with E-state index >= 15 is 0 Å². The maximum Gasteiger partial charge on any atom is 0.342 e. The molecule has 2 rings (SSSR count). The molecule has 108 valence electrons. The smallest absolute Gasteiger partial charge is 0.342 e. The largest absolute Gasteiger partial charge is 0.477 e. The van der Waals surface area contributed by atoms with Gasteiger partial charge in [0.2, 0.25) is 0 Å². The third-order valence-electron chi connectivity index (χ3n) is 3.37. The fraction of sp³-hybridized carbons (Fsp3) is 0.462. The summed E-state index contributed by atoms with van der Waals surface area (Å²) in [6.45, 7) is 3.80. The van der Waals surface area contributed by atoms with Crippen molar-refractivity contribution in [2.24, 2.45) is 0 Å². The molecular formula is C13H16N2O4S. The van der Waals surface area contributed by atoms with E-state index in [-0.39, 0.29) is 11.3 Å². The molecule has 1 aromatic carbocycles. The Kier molecular flexibility index (Phi) is 4.49. The van der Waals surface area contributed by atoms with Crippen molar-refractivity contribution < 1.29 is 14.8 Å². The minimum absolute atomic E-state index is 0.251. The summed E-state index contributed by atoms with van der Waals surface area (Å²) in [6, 6.07) is 4.32. The Labute approximate surface area is 120 Å². The highest BCUT2D eigenvalue weighted by molar-refractivity contribution is 8.00. The van der Waals surface area contributed by atoms with Crippen LogP contribution in [-0.4, -0.2) is 40.1 Å². The van der Waals surface area contributed by atoms with Gasteiger partial charge in [0.25, 0.3) is 5.69 Å². The highest BCUT2D eigenvalue weighted by Crippen LogP contribution is 2.29. The van der Waals surface area contributed by atoms with Gasteiger partial charge in [-0.2, -0.15) is 11.8 Å². The molecule has 1 aliphatic heterocycles. The normalized spacial score (nSPS) is 18.9. The van der Waals surface area contributed by atoms with Crippen LogP contribution in [0.5, 0.6) is 0 Å². The van der Waals surface area contributed by atoms with Gasteiger partial charge in [-0.15, -0.1) is 0 Å². The molecule has 1 heterocycles. The first-order chi connectivity index (χ1) is 9.52. The van der Waals surface area contributed by atoms with Crippen LogP contribution in [0.4, 0.5) is 11.4 Å². The van der Waals surface area contributed by atoms with Gasteiger partial charge in [-0.25, -0.2) is 4.79 Å². The number of carbonyl (C=O) groups is 1. The summed E-state index contributed by atoms with van der Waals surface area (Å²) >= 11 is 1.91. The number of carboxylic acid groups (broad SMARTS) is 1. The number of carboxylic acids is 1. The molecular weight excluding hydrogens is 280 g/mol. The molecule has 0 aliphatic carbocycles. The van der Waals surface area contributed by atoms with E-state index < -0.39 is 10.9 Å². The number of thioether (sulfide) groups is 1. The van der Waals surface area contributed by atoms with Crippen LogP contribution in [-0.2, 0) is 0 Å². The van der Waals surface area contributed by atoms with Gasteiger partial charge < -0.3 is 10.0 Å². The summed E-state index contributed by atoms with van der Waals surface area (Å²) in [5.41, 5.74) is 0.130. The van der Waals surface area contributed by atoms with Crippen LogP contribution in [0, 0.1) is 10.1 Å². The fourth-order valence-electron chi connectivity index (χ4n) is 2.25. The number of hydrogen-bond donors (Lipinski definition) is 1.